The van der Waals surface area contributed by atoms with Crippen molar-refractivity contribution < 1.29 is 19.0 Å². The molecular formula is C27H31NO4. The van der Waals surface area contributed by atoms with Crippen LogP contribution >= 0.6 is 0 Å². The fourth-order valence-electron chi connectivity index (χ4n) is 3.32. The minimum Gasteiger partial charge on any atom is -0.497 e. The molecule has 32 heavy (non-hydrogen) atoms. The molecule has 0 radical (unpaired) electrons. The Morgan fingerprint density at radius 2 is 1.69 bits per heavy atom. The summed E-state index contributed by atoms with van der Waals surface area (Å²) in [6, 6.07) is 20.8. The van der Waals surface area contributed by atoms with Crippen molar-refractivity contribution in [1.82, 2.24) is 0 Å². The third kappa shape index (κ3) is 6.51. The highest BCUT2D eigenvalue weighted by molar-refractivity contribution is 6.04. The first kappa shape index (κ1) is 23.2. The number of hydrogen-bond acceptors (Lipinski definition) is 4. The number of carbonyl (C=O) groups is 1. The number of rotatable bonds is 11. The Labute approximate surface area is 190 Å². The molecule has 5 nitrogen and oxygen atoms in total. The van der Waals surface area contributed by atoms with Crippen LogP contribution in [0, 0.1) is 0 Å². The van der Waals surface area contributed by atoms with Gasteiger partial charge in [-0.1, -0.05) is 31.5 Å². The van der Waals surface area contributed by atoms with Gasteiger partial charge in [0.1, 0.15) is 23.9 Å². The molecule has 3 aromatic carbocycles. The Hall–Kier alpha value is -3.47. The van der Waals surface area contributed by atoms with Gasteiger partial charge in [0.05, 0.1) is 13.7 Å². The largest absolute Gasteiger partial charge is 0.497 e. The number of aryl methyl sites for hydroxylation is 1. The van der Waals surface area contributed by atoms with Crippen molar-refractivity contribution in [3.63, 3.8) is 0 Å². The number of hydrogen-bond donors (Lipinski definition) is 1. The minimum atomic E-state index is -0.169. The zero-order chi connectivity index (χ0) is 22.8. The van der Waals surface area contributed by atoms with E-state index in [1.54, 1.807) is 13.2 Å². The van der Waals surface area contributed by atoms with Gasteiger partial charge in [-0.25, -0.2) is 0 Å². The summed E-state index contributed by atoms with van der Waals surface area (Å²) in [5.41, 5.74) is 3.41. The number of carbonyl (C=O) groups excluding carboxylic acids is 1. The maximum Gasteiger partial charge on any atom is 0.255 e. The Balaban J connectivity index is 1.71. The van der Waals surface area contributed by atoms with Gasteiger partial charge in [-0.2, -0.15) is 0 Å². The average molecular weight is 434 g/mol. The second kappa shape index (κ2) is 11.8. The van der Waals surface area contributed by atoms with Gasteiger partial charge in [0.15, 0.2) is 0 Å². The highest BCUT2D eigenvalue weighted by Gasteiger charge is 2.12. The number of unbranched alkanes of at least 4 members (excludes halogenated alkanes) is 1. The zero-order valence-corrected chi connectivity index (χ0v) is 19.0. The molecule has 0 bridgehead atoms. The van der Waals surface area contributed by atoms with E-state index >= 15 is 0 Å². The van der Waals surface area contributed by atoms with E-state index in [0.29, 0.717) is 23.7 Å². The molecule has 5 heteroatoms. The summed E-state index contributed by atoms with van der Waals surface area (Å²) in [6.07, 6.45) is 3.39. The van der Waals surface area contributed by atoms with Crippen LogP contribution in [0.3, 0.4) is 0 Å². The van der Waals surface area contributed by atoms with Crippen LogP contribution in [-0.4, -0.2) is 19.6 Å². The Kier molecular flexibility index (Phi) is 8.55. The fourth-order valence-corrected chi connectivity index (χ4v) is 3.32. The lowest BCUT2D eigenvalue weighted by Gasteiger charge is -2.14. The molecule has 3 rings (SSSR count). The fraction of sp³-hybridized carbons (Fsp3) is 0.296. The minimum absolute atomic E-state index is 0.169. The van der Waals surface area contributed by atoms with Crippen LogP contribution < -0.4 is 19.5 Å². The molecule has 1 N–H and O–H groups in total. The van der Waals surface area contributed by atoms with Crippen LogP contribution in [0.2, 0.25) is 0 Å². The van der Waals surface area contributed by atoms with Crippen molar-refractivity contribution in [3.05, 3.63) is 83.4 Å². The average Bonchev–Trinajstić information content (AvgIpc) is 2.83. The second-order valence-corrected chi connectivity index (χ2v) is 7.48. The van der Waals surface area contributed by atoms with Crippen molar-refractivity contribution >= 4 is 11.6 Å². The van der Waals surface area contributed by atoms with E-state index in [1.807, 2.05) is 55.5 Å². The van der Waals surface area contributed by atoms with E-state index in [-0.39, 0.29) is 12.5 Å². The van der Waals surface area contributed by atoms with E-state index in [0.717, 1.165) is 23.4 Å². The monoisotopic (exact) mass is 433 g/mol. The normalized spacial score (nSPS) is 10.5. The van der Waals surface area contributed by atoms with Gasteiger partial charge in [-0.15, -0.1) is 0 Å². The number of ether oxygens (including phenoxy) is 3. The van der Waals surface area contributed by atoms with E-state index in [9.17, 15) is 4.79 Å². The van der Waals surface area contributed by atoms with Gasteiger partial charge < -0.3 is 19.5 Å². The summed E-state index contributed by atoms with van der Waals surface area (Å²) >= 11 is 0. The van der Waals surface area contributed by atoms with Crippen molar-refractivity contribution in [3.8, 4) is 17.2 Å². The summed E-state index contributed by atoms with van der Waals surface area (Å²) in [4.78, 5) is 12.8. The molecule has 0 aliphatic carbocycles. The van der Waals surface area contributed by atoms with Gasteiger partial charge in [-0.3, -0.25) is 4.79 Å². The SMILES string of the molecule is CCCCc1ccc(NC(=O)c2ccc(OCC)c(COc3cccc(OC)c3)c2)cc1. The second-order valence-electron chi connectivity index (χ2n) is 7.48. The van der Waals surface area contributed by atoms with Crippen molar-refractivity contribution in [2.45, 2.75) is 39.7 Å². The number of benzene rings is 3. The first-order chi connectivity index (χ1) is 15.6. The third-order valence-electron chi connectivity index (χ3n) is 5.09. The van der Waals surface area contributed by atoms with E-state index in [1.165, 1.54) is 18.4 Å². The number of methoxy groups -OCH3 is 1. The molecule has 0 saturated heterocycles. The predicted octanol–water partition coefficient (Wildman–Crippen LogP) is 6.27. The molecule has 0 aliphatic rings. The summed E-state index contributed by atoms with van der Waals surface area (Å²) in [5, 5.41) is 2.97. The van der Waals surface area contributed by atoms with Gasteiger partial charge in [-0.05, 0) is 67.8 Å². The molecule has 0 aromatic heterocycles. The molecule has 0 atom stereocenters. The summed E-state index contributed by atoms with van der Waals surface area (Å²) in [6.45, 7) is 4.91. The third-order valence-corrected chi connectivity index (χ3v) is 5.09. The highest BCUT2D eigenvalue weighted by Crippen LogP contribution is 2.25. The van der Waals surface area contributed by atoms with Crippen LogP contribution in [0.5, 0.6) is 17.2 Å². The van der Waals surface area contributed by atoms with Crippen LogP contribution in [0.4, 0.5) is 5.69 Å². The standard InChI is InChI=1S/C27H31NO4/c1-4-6-8-20-11-14-23(15-12-20)28-27(29)21-13-16-26(31-5-2)22(17-21)19-32-25-10-7-9-24(18-25)30-3/h7,9-18H,4-6,8,19H2,1-3H3,(H,28,29). The molecular weight excluding hydrogens is 402 g/mol. The number of anilines is 1. The van der Waals surface area contributed by atoms with E-state index < -0.39 is 0 Å². The first-order valence-electron chi connectivity index (χ1n) is 11.1. The van der Waals surface area contributed by atoms with E-state index in [2.05, 4.69) is 24.4 Å². The molecule has 0 fully saturated rings. The molecule has 3 aromatic rings. The molecule has 0 aliphatic heterocycles. The molecule has 0 heterocycles. The smallest absolute Gasteiger partial charge is 0.255 e. The van der Waals surface area contributed by atoms with E-state index in [4.69, 9.17) is 14.2 Å². The Morgan fingerprint density at radius 3 is 2.41 bits per heavy atom. The number of nitrogens with one attached hydrogen (secondary N) is 1. The number of amides is 1. The zero-order valence-electron chi connectivity index (χ0n) is 19.0. The molecule has 0 saturated carbocycles. The Morgan fingerprint density at radius 1 is 0.906 bits per heavy atom. The van der Waals surface area contributed by atoms with Crippen LogP contribution in [-0.2, 0) is 13.0 Å². The van der Waals surface area contributed by atoms with Crippen LogP contribution in [0.15, 0.2) is 66.7 Å². The Bertz CT molecular complexity index is 1010. The predicted molar refractivity (Wildman–Crippen MR) is 128 cm³/mol. The summed E-state index contributed by atoms with van der Waals surface area (Å²) < 4.78 is 16.9. The lowest BCUT2D eigenvalue weighted by Crippen LogP contribution is -2.13. The van der Waals surface area contributed by atoms with Crippen LogP contribution in [0.25, 0.3) is 0 Å². The lowest BCUT2D eigenvalue weighted by atomic mass is 10.1. The maximum atomic E-state index is 12.8. The molecule has 0 spiro atoms. The van der Waals surface area contributed by atoms with Gasteiger partial charge >= 0.3 is 0 Å². The highest BCUT2D eigenvalue weighted by atomic mass is 16.5. The van der Waals surface area contributed by atoms with Crippen molar-refractivity contribution in [1.29, 1.82) is 0 Å². The van der Waals surface area contributed by atoms with Crippen molar-refractivity contribution in [2.75, 3.05) is 19.0 Å². The van der Waals surface area contributed by atoms with Gasteiger partial charge in [0.25, 0.3) is 5.91 Å². The summed E-state index contributed by atoms with van der Waals surface area (Å²) in [7, 11) is 1.62. The van der Waals surface area contributed by atoms with Crippen LogP contribution in [0.1, 0.15) is 48.2 Å². The molecule has 1 amide bonds. The summed E-state index contributed by atoms with van der Waals surface area (Å²) in [5.74, 6) is 1.94. The van der Waals surface area contributed by atoms with Crippen molar-refractivity contribution in [2.24, 2.45) is 0 Å². The first-order valence-corrected chi connectivity index (χ1v) is 11.1. The molecule has 0 unspecified atom stereocenters. The van der Waals surface area contributed by atoms with Gasteiger partial charge in [0, 0.05) is 22.9 Å². The maximum absolute atomic E-state index is 12.8. The topological polar surface area (TPSA) is 56.8 Å². The molecule has 168 valence electrons. The lowest BCUT2D eigenvalue weighted by molar-refractivity contribution is 0.102. The van der Waals surface area contributed by atoms with Gasteiger partial charge in [0.2, 0.25) is 0 Å². The quantitative estimate of drug-likeness (QED) is 0.387.